The van der Waals surface area contributed by atoms with Gasteiger partial charge in [-0.2, -0.15) is 0 Å². The number of rotatable bonds is 3. The Morgan fingerprint density at radius 1 is 1.32 bits per heavy atom. The monoisotopic (exact) mass is 273 g/mol. The minimum absolute atomic E-state index is 0.780. The maximum Gasteiger partial charge on any atom is 0.142 e. The van der Waals surface area contributed by atoms with Gasteiger partial charge >= 0.3 is 0 Å². The molecule has 0 unspecified atom stereocenters. The molecule has 3 heterocycles. The van der Waals surface area contributed by atoms with Crippen LogP contribution in [0.3, 0.4) is 0 Å². The first kappa shape index (κ1) is 12.8. The van der Waals surface area contributed by atoms with Crippen LogP contribution >= 0.6 is 11.3 Å². The van der Waals surface area contributed by atoms with E-state index in [9.17, 15) is 0 Å². The third kappa shape index (κ3) is 3.19. The summed E-state index contributed by atoms with van der Waals surface area (Å²) in [5, 5.41) is 4.44. The van der Waals surface area contributed by atoms with Gasteiger partial charge in [0, 0.05) is 16.8 Å². The van der Waals surface area contributed by atoms with E-state index in [1.807, 2.05) is 6.20 Å². The zero-order valence-corrected chi connectivity index (χ0v) is 12.0. The molecule has 0 aromatic carbocycles. The first-order valence-electron chi connectivity index (χ1n) is 6.91. The molecular weight excluding hydrogens is 254 g/mol. The van der Waals surface area contributed by atoms with Crippen LogP contribution in [0, 0.1) is 12.8 Å². The molecular formula is C15H19N3S. The van der Waals surface area contributed by atoms with Gasteiger partial charge in [0.2, 0.25) is 0 Å². The van der Waals surface area contributed by atoms with Crippen LogP contribution in [-0.2, 0) is 6.42 Å². The van der Waals surface area contributed by atoms with E-state index in [1.54, 1.807) is 11.3 Å². The highest BCUT2D eigenvalue weighted by atomic mass is 32.1. The van der Waals surface area contributed by atoms with Gasteiger partial charge in [0.1, 0.15) is 5.01 Å². The minimum Gasteiger partial charge on any atom is -0.317 e. The van der Waals surface area contributed by atoms with E-state index in [0.29, 0.717) is 0 Å². The first-order chi connectivity index (χ1) is 9.31. The summed E-state index contributed by atoms with van der Waals surface area (Å²) in [6.45, 7) is 4.38. The SMILES string of the molecule is Cc1cnc(-c2cccc(CC3CCNCC3)n2)s1. The molecule has 4 heteroatoms. The van der Waals surface area contributed by atoms with Crippen LogP contribution in [0.4, 0.5) is 0 Å². The van der Waals surface area contributed by atoms with E-state index in [4.69, 9.17) is 4.98 Å². The molecule has 100 valence electrons. The van der Waals surface area contributed by atoms with Crippen LogP contribution in [0.2, 0.25) is 0 Å². The van der Waals surface area contributed by atoms with E-state index in [0.717, 1.165) is 36.1 Å². The summed E-state index contributed by atoms with van der Waals surface area (Å²) in [7, 11) is 0. The van der Waals surface area contributed by atoms with Crippen molar-refractivity contribution in [3.8, 4) is 10.7 Å². The fraction of sp³-hybridized carbons (Fsp3) is 0.467. The van der Waals surface area contributed by atoms with Gasteiger partial charge in [-0.05, 0) is 57.3 Å². The molecule has 0 aliphatic carbocycles. The molecule has 0 atom stereocenters. The number of aryl methyl sites for hydroxylation is 1. The number of thiazole rings is 1. The van der Waals surface area contributed by atoms with Crippen molar-refractivity contribution in [1.29, 1.82) is 0 Å². The van der Waals surface area contributed by atoms with Gasteiger partial charge in [0.15, 0.2) is 0 Å². The third-order valence-electron chi connectivity index (χ3n) is 3.60. The van der Waals surface area contributed by atoms with Crippen LogP contribution in [0.5, 0.6) is 0 Å². The quantitative estimate of drug-likeness (QED) is 0.934. The van der Waals surface area contributed by atoms with E-state index >= 15 is 0 Å². The normalized spacial score (nSPS) is 16.7. The Morgan fingerprint density at radius 3 is 2.89 bits per heavy atom. The molecule has 1 aliphatic rings. The fourth-order valence-corrected chi connectivity index (χ4v) is 3.30. The second-order valence-corrected chi connectivity index (χ2v) is 6.42. The van der Waals surface area contributed by atoms with Gasteiger partial charge < -0.3 is 5.32 Å². The van der Waals surface area contributed by atoms with Crippen LogP contribution in [-0.4, -0.2) is 23.1 Å². The van der Waals surface area contributed by atoms with Crippen LogP contribution in [0.25, 0.3) is 10.7 Å². The van der Waals surface area contributed by atoms with Gasteiger partial charge in [-0.25, -0.2) is 4.98 Å². The Labute approximate surface area is 118 Å². The fourth-order valence-electron chi connectivity index (χ4n) is 2.57. The van der Waals surface area contributed by atoms with Gasteiger partial charge in [-0.15, -0.1) is 11.3 Å². The molecule has 2 aromatic heterocycles. The van der Waals surface area contributed by atoms with Crippen molar-refractivity contribution < 1.29 is 0 Å². The topological polar surface area (TPSA) is 37.8 Å². The number of pyridine rings is 1. The molecule has 1 fully saturated rings. The molecule has 1 N–H and O–H groups in total. The zero-order valence-electron chi connectivity index (χ0n) is 11.2. The number of hydrogen-bond donors (Lipinski definition) is 1. The maximum atomic E-state index is 4.78. The molecule has 0 saturated carbocycles. The van der Waals surface area contributed by atoms with Crippen molar-refractivity contribution in [1.82, 2.24) is 15.3 Å². The first-order valence-corrected chi connectivity index (χ1v) is 7.72. The van der Waals surface area contributed by atoms with Crippen molar-refractivity contribution in [2.24, 2.45) is 5.92 Å². The van der Waals surface area contributed by atoms with E-state index in [2.05, 4.69) is 35.4 Å². The predicted octanol–water partition coefficient (Wildman–Crippen LogP) is 3.06. The van der Waals surface area contributed by atoms with Gasteiger partial charge in [-0.3, -0.25) is 4.98 Å². The number of aromatic nitrogens is 2. The summed E-state index contributed by atoms with van der Waals surface area (Å²) in [6, 6.07) is 6.31. The molecule has 0 bridgehead atoms. The van der Waals surface area contributed by atoms with Crippen LogP contribution in [0.15, 0.2) is 24.4 Å². The largest absolute Gasteiger partial charge is 0.317 e. The summed E-state index contributed by atoms with van der Waals surface area (Å²) >= 11 is 1.71. The number of nitrogens with zero attached hydrogens (tertiary/aromatic N) is 2. The lowest BCUT2D eigenvalue weighted by Crippen LogP contribution is -2.28. The van der Waals surface area contributed by atoms with E-state index < -0.39 is 0 Å². The van der Waals surface area contributed by atoms with Crippen molar-refractivity contribution in [3.05, 3.63) is 35.0 Å². The minimum atomic E-state index is 0.780. The van der Waals surface area contributed by atoms with Gasteiger partial charge in [0.25, 0.3) is 0 Å². The van der Waals surface area contributed by atoms with Gasteiger partial charge in [0.05, 0.1) is 5.69 Å². The summed E-state index contributed by atoms with van der Waals surface area (Å²) in [5.74, 6) is 0.780. The predicted molar refractivity (Wildman–Crippen MR) is 79.4 cm³/mol. The average molecular weight is 273 g/mol. The Balaban J connectivity index is 1.75. The number of piperidine rings is 1. The van der Waals surface area contributed by atoms with Crippen molar-refractivity contribution >= 4 is 11.3 Å². The molecule has 3 rings (SSSR count). The standard InChI is InChI=1S/C15H19N3S/c1-11-10-17-15(19-11)14-4-2-3-13(18-14)9-12-5-7-16-8-6-12/h2-4,10,12,16H,5-9H2,1H3. The Kier molecular flexibility index (Phi) is 3.89. The molecule has 1 aliphatic heterocycles. The van der Waals surface area contributed by atoms with Crippen molar-refractivity contribution in [3.63, 3.8) is 0 Å². The molecule has 0 radical (unpaired) electrons. The number of nitrogens with one attached hydrogen (secondary N) is 1. The van der Waals surface area contributed by atoms with Crippen LogP contribution < -0.4 is 5.32 Å². The molecule has 19 heavy (non-hydrogen) atoms. The Morgan fingerprint density at radius 2 is 2.16 bits per heavy atom. The average Bonchev–Trinajstić information content (AvgIpc) is 2.87. The lowest BCUT2D eigenvalue weighted by molar-refractivity contribution is 0.370. The highest BCUT2D eigenvalue weighted by molar-refractivity contribution is 7.14. The summed E-state index contributed by atoms with van der Waals surface area (Å²) in [5.41, 5.74) is 2.22. The highest BCUT2D eigenvalue weighted by Gasteiger charge is 2.14. The molecule has 1 saturated heterocycles. The maximum absolute atomic E-state index is 4.78. The van der Waals surface area contributed by atoms with Crippen molar-refractivity contribution in [2.75, 3.05) is 13.1 Å². The summed E-state index contributed by atoms with van der Waals surface area (Å²) < 4.78 is 0. The lowest BCUT2D eigenvalue weighted by Gasteiger charge is -2.22. The second-order valence-electron chi connectivity index (χ2n) is 5.19. The van der Waals surface area contributed by atoms with Gasteiger partial charge in [-0.1, -0.05) is 6.07 Å². The smallest absolute Gasteiger partial charge is 0.142 e. The number of hydrogen-bond acceptors (Lipinski definition) is 4. The zero-order chi connectivity index (χ0) is 13.1. The highest BCUT2D eigenvalue weighted by Crippen LogP contribution is 2.24. The van der Waals surface area contributed by atoms with Crippen LogP contribution in [0.1, 0.15) is 23.4 Å². The van der Waals surface area contributed by atoms with Crippen molar-refractivity contribution in [2.45, 2.75) is 26.2 Å². The lowest BCUT2D eigenvalue weighted by atomic mass is 9.93. The van der Waals surface area contributed by atoms with E-state index in [-0.39, 0.29) is 0 Å². The third-order valence-corrected chi connectivity index (χ3v) is 4.54. The summed E-state index contributed by atoms with van der Waals surface area (Å²) in [4.78, 5) is 10.4. The Bertz CT molecular complexity index is 544. The second kappa shape index (κ2) is 5.80. The molecule has 0 amide bonds. The molecule has 3 nitrogen and oxygen atoms in total. The summed E-state index contributed by atoms with van der Waals surface area (Å²) in [6.07, 6.45) is 5.55. The van der Waals surface area contributed by atoms with E-state index in [1.165, 1.54) is 23.4 Å². The molecule has 0 spiro atoms. The Hall–Kier alpha value is -1.26. The molecule has 2 aromatic rings.